The standard InChI is InChI=1S/C10H11F3N2O/c1-6-14-8-4-2-3-7(8)9(15-6)16-5-10(11,12)13/h2-5H2,1H3. The zero-order valence-electron chi connectivity index (χ0n) is 8.76. The molecule has 0 aromatic carbocycles. The van der Waals surface area contributed by atoms with Gasteiger partial charge < -0.3 is 4.74 Å². The van der Waals surface area contributed by atoms with Crippen LogP contribution in [0.15, 0.2) is 0 Å². The van der Waals surface area contributed by atoms with Gasteiger partial charge in [-0.05, 0) is 26.2 Å². The first-order chi connectivity index (χ1) is 7.46. The third-order valence-corrected chi connectivity index (χ3v) is 2.38. The summed E-state index contributed by atoms with van der Waals surface area (Å²) < 4.78 is 40.8. The Hall–Kier alpha value is -1.33. The second-order valence-corrected chi connectivity index (χ2v) is 3.76. The highest BCUT2D eigenvalue weighted by Gasteiger charge is 2.30. The highest BCUT2D eigenvalue weighted by Crippen LogP contribution is 2.28. The molecule has 1 heterocycles. The van der Waals surface area contributed by atoms with Crippen molar-refractivity contribution < 1.29 is 17.9 Å². The molecule has 6 heteroatoms. The summed E-state index contributed by atoms with van der Waals surface area (Å²) in [5.41, 5.74) is 1.56. The minimum Gasteiger partial charge on any atom is -0.468 e. The maximum atomic E-state index is 12.0. The number of nitrogens with zero attached hydrogens (tertiary/aromatic N) is 2. The van der Waals surface area contributed by atoms with Crippen LogP contribution in [0.25, 0.3) is 0 Å². The lowest BCUT2D eigenvalue weighted by Gasteiger charge is -2.11. The number of fused-ring (bicyclic) bond motifs is 1. The molecule has 2 rings (SSSR count). The van der Waals surface area contributed by atoms with Gasteiger partial charge in [-0.1, -0.05) is 0 Å². The van der Waals surface area contributed by atoms with E-state index in [1.54, 1.807) is 6.92 Å². The molecule has 0 saturated carbocycles. The maximum Gasteiger partial charge on any atom is 0.422 e. The van der Waals surface area contributed by atoms with Crippen molar-refractivity contribution in [2.24, 2.45) is 0 Å². The monoisotopic (exact) mass is 232 g/mol. The molecule has 0 aliphatic heterocycles. The van der Waals surface area contributed by atoms with Crippen LogP contribution in [-0.2, 0) is 12.8 Å². The molecule has 0 atom stereocenters. The maximum absolute atomic E-state index is 12.0. The smallest absolute Gasteiger partial charge is 0.422 e. The Morgan fingerprint density at radius 3 is 2.69 bits per heavy atom. The van der Waals surface area contributed by atoms with Crippen LogP contribution in [-0.4, -0.2) is 22.8 Å². The predicted molar refractivity (Wildman–Crippen MR) is 50.3 cm³/mol. The summed E-state index contributed by atoms with van der Waals surface area (Å²) in [6, 6.07) is 0. The average Bonchev–Trinajstić information content (AvgIpc) is 2.60. The molecule has 1 aromatic heterocycles. The van der Waals surface area contributed by atoms with Gasteiger partial charge in [0.2, 0.25) is 5.88 Å². The Morgan fingerprint density at radius 1 is 1.25 bits per heavy atom. The molecule has 88 valence electrons. The van der Waals surface area contributed by atoms with Gasteiger partial charge in [0, 0.05) is 5.56 Å². The second kappa shape index (κ2) is 3.92. The third kappa shape index (κ3) is 2.43. The van der Waals surface area contributed by atoms with Crippen molar-refractivity contribution in [1.82, 2.24) is 9.97 Å². The van der Waals surface area contributed by atoms with E-state index in [9.17, 15) is 13.2 Å². The molecule has 0 bridgehead atoms. The van der Waals surface area contributed by atoms with E-state index in [2.05, 4.69) is 9.97 Å². The molecule has 1 aromatic rings. The number of aryl methyl sites for hydroxylation is 2. The molecule has 16 heavy (non-hydrogen) atoms. The van der Waals surface area contributed by atoms with Gasteiger partial charge in [0.25, 0.3) is 0 Å². The number of halogens is 3. The van der Waals surface area contributed by atoms with Gasteiger partial charge in [-0.25, -0.2) is 4.98 Å². The summed E-state index contributed by atoms with van der Waals surface area (Å²) >= 11 is 0. The molecule has 1 aliphatic rings. The van der Waals surface area contributed by atoms with Gasteiger partial charge in [0.15, 0.2) is 6.61 Å². The molecule has 0 unspecified atom stereocenters. The number of alkyl halides is 3. The summed E-state index contributed by atoms with van der Waals surface area (Å²) in [4.78, 5) is 8.10. The van der Waals surface area contributed by atoms with E-state index in [4.69, 9.17) is 4.74 Å². The minimum atomic E-state index is -4.33. The number of rotatable bonds is 2. The predicted octanol–water partition coefficient (Wildman–Crippen LogP) is 2.21. The Labute approximate surface area is 90.7 Å². The minimum absolute atomic E-state index is 0.0947. The van der Waals surface area contributed by atoms with Gasteiger partial charge in [0.1, 0.15) is 5.82 Å². The Morgan fingerprint density at radius 2 is 2.00 bits per heavy atom. The first kappa shape index (κ1) is 11.2. The topological polar surface area (TPSA) is 35.0 Å². The summed E-state index contributed by atoms with van der Waals surface area (Å²) in [6.07, 6.45) is -1.94. The number of hydrogen-bond donors (Lipinski definition) is 0. The Balaban J connectivity index is 2.21. The zero-order chi connectivity index (χ0) is 11.8. The lowest BCUT2D eigenvalue weighted by Crippen LogP contribution is -2.20. The normalized spacial score (nSPS) is 15.0. The fourth-order valence-electron chi connectivity index (χ4n) is 1.79. The summed E-state index contributed by atoms with van der Waals surface area (Å²) in [5, 5.41) is 0. The van der Waals surface area contributed by atoms with E-state index >= 15 is 0 Å². The molecule has 0 radical (unpaired) electrons. The van der Waals surface area contributed by atoms with E-state index in [0.717, 1.165) is 24.1 Å². The van der Waals surface area contributed by atoms with Crippen molar-refractivity contribution in [3.63, 3.8) is 0 Å². The molecular weight excluding hydrogens is 221 g/mol. The highest BCUT2D eigenvalue weighted by molar-refractivity contribution is 5.34. The van der Waals surface area contributed by atoms with Gasteiger partial charge in [-0.3, -0.25) is 0 Å². The summed E-state index contributed by atoms with van der Waals surface area (Å²) in [6.45, 7) is 0.356. The van der Waals surface area contributed by atoms with Gasteiger partial charge in [-0.15, -0.1) is 0 Å². The third-order valence-electron chi connectivity index (χ3n) is 2.38. The van der Waals surface area contributed by atoms with Gasteiger partial charge in [0.05, 0.1) is 5.69 Å². The summed E-state index contributed by atoms with van der Waals surface area (Å²) in [7, 11) is 0. The van der Waals surface area contributed by atoms with Crippen molar-refractivity contribution in [1.29, 1.82) is 0 Å². The summed E-state index contributed by atoms with van der Waals surface area (Å²) in [5.74, 6) is 0.551. The van der Waals surface area contributed by atoms with E-state index in [-0.39, 0.29) is 5.88 Å². The van der Waals surface area contributed by atoms with Crippen molar-refractivity contribution >= 4 is 0 Å². The SMILES string of the molecule is Cc1nc2c(c(OCC(F)(F)F)n1)CCC2. The lowest BCUT2D eigenvalue weighted by molar-refractivity contribution is -0.154. The van der Waals surface area contributed by atoms with Crippen LogP contribution in [0.1, 0.15) is 23.5 Å². The first-order valence-corrected chi connectivity index (χ1v) is 5.01. The van der Waals surface area contributed by atoms with Crippen LogP contribution < -0.4 is 4.74 Å². The van der Waals surface area contributed by atoms with Crippen molar-refractivity contribution in [2.75, 3.05) is 6.61 Å². The number of ether oxygens (including phenoxy) is 1. The van der Waals surface area contributed by atoms with Gasteiger partial charge in [-0.2, -0.15) is 18.2 Å². The number of hydrogen-bond acceptors (Lipinski definition) is 3. The van der Waals surface area contributed by atoms with Crippen LogP contribution in [0, 0.1) is 6.92 Å². The fourth-order valence-corrected chi connectivity index (χ4v) is 1.79. The first-order valence-electron chi connectivity index (χ1n) is 5.01. The van der Waals surface area contributed by atoms with Crippen LogP contribution >= 0.6 is 0 Å². The van der Waals surface area contributed by atoms with E-state index in [0.29, 0.717) is 12.2 Å². The van der Waals surface area contributed by atoms with E-state index in [1.807, 2.05) is 0 Å². The average molecular weight is 232 g/mol. The number of aromatic nitrogens is 2. The molecule has 0 fully saturated rings. The van der Waals surface area contributed by atoms with Crippen LogP contribution in [0.4, 0.5) is 13.2 Å². The Kier molecular flexibility index (Phi) is 2.73. The zero-order valence-corrected chi connectivity index (χ0v) is 8.76. The van der Waals surface area contributed by atoms with Crippen LogP contribution in [0.2, 0.25) is 0 Å². The Bertz CT molecular complexity index is 404. The van der Waals surface area contributed by atoms with Gasteiger partial charge >= 0.3 is 6.18 Å². The van der Waals surface area contributed by atoms with Crippen molar-refractivity contribution in [3.05, 3.63) is 17.1 Å². The van der Waals surface area contributed by atoms with Crippen molar-refractivity contribution in [3.8, 4) is 5.88 Å². The fraction of sp³-hybridized carbons (Fsp3) is 0.600. The van der Waals surface area contributed by atoms with Crippen LogP contribution in [0.5, 0.6) is 5.88 Å². The lowest BCUT2D eigenvalue weighted by atomic mass is 10.2. The van der Waals surface area contributed by atoms with Crippen molar-refractivity contribution in [2.45, 2.75) is 32.4 Å². The molecule has 0 amide bonds. The molecule has 0 N–H and O–H groups in total. The molecular formula is C10H11F3N2O. The van der Waals surface area contributed by atoms with E-state index < -0.39 is 12.8 Å². The molecule has 1 aliphatic carbocycles. The molecule has 0 spiro atoms. The highest BCUT2D eigenvalue weighted by atomic mass is 19.4. The molecule has 3 nitrogen and oxygen atoms in total. The van der Waals surface area contributed by atoms with E-state index in [1.165, 1.54) is 0 Å². The van der Waals surface area contributed by atoms with Crippen LogP contribution in [0.3, 0.4) is 0 Å². The second-order valence-electron chi connectivity index (χ2n) is 3.76. The molecule has 0 saturated heterocycles. The quantitative estimate of drug-likeness (QED) is 0.784. The largest absolute Gasteiger partial charge is 0.468 e.